The number of likely N-dealkylation sites (tertiary alicyclic amines) is 2. The van der Waals surface area contributed by atoms with Crippen LogP contribution < -0.4 is 10.6 Å². The second-order valence-electron chi connectivity index (χ2n) is 8.47. The number of benzene rings is 1. The molecule has 0 aliphatic carbocycles. The predicted molar refractivity (Wildman–Crippen MR) is 124 cm³/mol. The van der Waals surface area contributed by atoms with Crippen molar-refractivity contribution in [2.45, 2.75) is 45.4 Å². The molecule has 0 aromatic heterocycles. The first-order chi connectivity index (χ1) is 15.2. The van der Waals surface area contributed by atoms with Gasteiger partial charge in [-0.25, -0.2) is 4.99 Å². The lowest BCUT2D eigenvalue weighted by Gasteiger charge is -2.32. The third-order valence-corrected chi connectivity index (χ3v) is 6.12. The molecule has 1 aromatic rings. The minimum absolute atomic E-state index is 0.0954. The Labute approximate surface area is 186 Å². The van der Waals surface area contributed by atoms with Gasteiger partial charge in [0.1, 0.15) is 6.54 Å². The summed E-state index contributed by atoms with van der Waals surface area (Å²) in [4.78, 5) is 32.7. The summed E-state index contributed by atoms with van der Waals surface area (Å²) in [6, 6.07) is 10.6. The maximum atomic E-state index is 12.6. The lowest BCUT2D eigenvalue weighted by molar-refractivity contribution is -0.131. The fraction of sp³-hybridized carbons (Fsp3) is 0.625. The van der Waals surface area contributed by atoms with Crippen LogP contribution in [0, 0.1) is 5.92 Å². The van der Waals surface area contributed by atoms with Crippen LogP contribution >= 0.6 is 0 Å². The molecule has 2 fully saturated rings. The molecule has 170 valence electrons. The van der Waals surface area contributed by atoms with E-state index in [-0.39, 0.29) is 18.4 Å². The molecule has 31 heavy (non-hydrogen) atoms. The van der Waals surface area contributed by atoms with E-state index in [1.165, 1.54) is 5.56 Å². The number of nitrogens with one attached hydrogen (secondary N) is 2. The van der Waals surface area contributed by atoms with Gasteiger partial charge in [0.15, 0.2) is 5.96 Å². The average molecular weight is 428 g/mol. The molecule has 2 amide bonds. The van der Waals surface area contributed by atoms with Gasteiger partial charge in [0.05, 0.1) is 0 Å². The number of hydrogen-bond acceptors (Lipinski definition) is 3. The Morgan fingerprint density at radius 3 is 2.58 bits per heavy atom. The van der Waals surface area contributed by atoms with Crippen LogP contribution in [0.2, 0.25) is 0 Å². The second kappa shape index (κ2) is 12.3. The highest BCUT2D eigenvalue weighted by Crippen LogP contribution is 2.21. The highest BCUT2D eigenvalue weighted by Gasteiger charge is 2.23. The molecule has 2 aliphatic rings. The Hall–Kier alpha value is -2.57. The highest BCUT2D eigenvalue weighted by atomic mass is 16.2. The van der Waals surface area contributed by atoms with Crippen molar-refractivity contribution in [3.05, 3.63) is 35.9 Å². The predicted octanol–water partition coefficient (Wildman–Crippen LogP) is 2.04. The maximum absolute atomic E-state index is 12.6. The van der Waals surface area contributed by atoms with Crippen LogP contribution in [0.25, 0.3) is 0 Å². The summed E-state index contributed by atoms with van der Waals surface area (Å²) in [5.41, 5.74) is 1.38. The van der Waals surface area contributed by atoms with Gasteiger partial charge in [-0.3, -0.25) is 9.59 Å². The van der Waals surface area contributed by atoms with E-state index >= 15 is 0 Å². The number of amides is 2. The normalized spacial score (nSPS) is 17.8. The largest absolute Gasteiger partial charge is 0.357 e. The Morgan fingerprint density at radius 1 is 1.13 bits per heavy atom. The molecule has 7 nitrogen and oxygen atoms in total. The number of carbonyl (C=O) groups excluding carboxylic acids is 2. The molecule has 1 aromatic carbocycles. The van der Waals surface area contributed by atoms with Crippen LogP contribution in [0.3, 0.4) is 0 Å². The van der Waals surface area contributed by atoms with Gasteiger partial charge in [-0.15, -0.1) is 0 Å². The van der Waals surface area contributed by atoms with Crippen LogP contribution in [0.1, 0.15) is 44.6 Å². The standard InChI is InChI=1S/C24H37N5O2/c1-2-25-24(26-13-7-15-28-14-6-10-22(28)30)27-19-23(31)29-16-11-21(12-17-29)18-20-8-4-3-5-9-20/h3-5,8-9,21H,2,6-7,10-19H2,1H3,(H2,25,26,27). The Bertz CT molecular complexity index is 729. The van der Waals surface area contributed by atoms with Gasteiger partial charge in [0.2, 0.25) is 11.8 Å². The van der Waals surface area contributed by atoms with Gasteiger partial charge < -0.3 is 20.4 Å². The van der Waals surface area contributed by atoms with Gasteiger partial charge in [0, 0.05) is 45.7 Å². The Kier molecular flexibility index (Phi) is 9.18. The first-order valence-electron chi connectivity index (χ1n) is 11.8. The fourth-order valence-corrected chi connectivity index (χ4v) is 4.34. The van der Waals surface area contributed by atoms with Crippen LogP contribution in [0.4, 0.5) is 0 Å². The average Bonchev–Trinajstić information content (AvgIpc) is 3.20. The SMILES string of the molecule is CCNC(=NCC(=O)N1CCC(Cc2ccccc2)CC1)NCCCN1CCCC1=O. The van der Waals surface area contributed by atoms with Crippen LogP contribution in [-0.2, 0) is 16.0 Å². The van der Waals surface area contributed by atoms with E-state index in [4.69, 9.17) is 0 Å². The first kappa shape index (κ1) is 23.1. The highest BCUT2D eigenvalue weighted by molar-refractivity contribution is 5.85. The van der Waals surface area contributed by atoms with E-state index < -0.39 is 0 Å². The molecule has 3 rings (SSSR count). The van der Waals surface area contributed by atoms with E-state index in [9.17, 15) is 9.59 Å². The summed E-state index contributed by atoms with van der Waals surface area (Å²) in [5.74, 6) is 1.68. The third-order valence-electron chi connectivity index (χ3n) is 6.12. The van der Waals surface area contributed by atoms with Gasteiger partial charge >= 0.3 is 0 Å². The van der Waals surface area contributed by atoms with Gasteiger partial charge in [-0.2, -0.15) is 0 Å². The monoisotopic (exact) mass is 427 g/mol. The van der Waals surface area contributed by atoms with Crippen molar-refractivity contribution in [2.24, 2.45) is 10.9 Å². The topological polar surface area (TPSA) is 77.0 Å². The molecule has 0 spiro atoms. The van der Waals surface area contributed by atoms with Crippen LogP contribution in [0.5, 0.6) is 0 Å². The fourth-order valence-electron chi connectivity index (χ4n) is 4.34. The summed E-state index contributed by atoms with van der Waals surface area (Å²) in [6.45, 7) is 6.96. The molecule has 7 heteroatoms. The smallest absolute Gasteiger partial charge is 0.244 e. The number of guanidine groups is 1. The number of rotatable bonds is 9. The maximum Gasteiger partial charge on any atom is 0.244 e. The van der Waals surface area contributed by atoms with Crippen molar-refractivity contribution >= 4 is 17.8 Å². The van der Waals surface area contributed by atoms with Crippen molar-refractivity contribution in [3.8, 4) is 0 Å². The zero-order chi connectivity index (χ0) is 21.9. The second-order valence-corrected chi connectivity index (χ2v) is 8.47. The van der Waals surface area contributed by atoms with Gasteiger partial charge in [0.25, 0.3) is 0 Å². The summed E-state index contributed by atoms with van der Waals surface area (Å²) >= 11 is 0. The summed E-state index contributed by atoms with van der Waals surface area (Å²) in [5, 5.41) is 6.48. The first-order valence-corrected chi connectivity index (χ1v) is 11.8. The lowest BCUT2D eigenvalue weighted by atomic mass is 9.90. The Balaban J connectivity index is 1.36. The van der Waals surface area contributed by atoms with Crippen LogP contribution in [0.15, 0.2) is 35.3 Å². The molecule has 2 heterocycles. The molecule has 0 atom stereocenters. The van der Waals surface area contributed by atoms with Crippen LogP contribution in [-0.4, -0.2) is 73.4 Å². The van der Waals surface area contributed by atoms with Crippen molar-refractivity contribution in [1.82, 2.24) is 20.4 Å². The molecule has 2 saturated heterocycles. The molecular weight excluding hydrogens is 390 g/mol. The summed E-state index contributed by atoms with van der Waals surface area (Å²) < 4.78 is 0. The van der Waals surface area contributed by atoms with E-state index in [1.54, 1.807) is 0 Å². The molecular formula is C24H37N5O2. The summed E-state index contributed by atoms with van der Waals surface area (Å²) in [7, 11) is 0. The van der Waals surface area contributed by atoms with E-state index in [0.717, 1.165) is 71.4 Å². The van der Waals surface area contributed by atoms with Crippen molar-refractivity contribution in [2.75, 3.05) is 45.8 Å². The van der Waals surface area contributed by atoms with Gasteiger partial charge in [-0.1, -0.05) is 30.3 Å². The lowest BCUT2D eigenvalue weighted by Crippen LogP contribution is -2.42. The van der Waals surface area contributed by atoms with Crippen molar-refractivity contribution < 1.29 is 9.59 Å². The molecule has 0 radical (unpaired) electrons. The van der Waals surface area contributed by atoms with E-state index in [2.05, 4.69) is 46.0 Å². The number of nitrogens with zero attached hydrogens (tertiary/aromatic N) is 3. The molecule has 2 aliphatic heterocycles. The van der Waals surface area contributed by atoms with E-state index in [0.29, 0.717) is 18.3 Å². The van der Waals surface area contributed by atoms with Crippen molar-refractivity contribution in [1.29, 1.82) is 0 Å². The van der Waals surface area contributed by atoms with E-state index in [1.807, 2.05) is 16.7 Å². The molecule has 0 saturated carbocycles. The minimum atomic E-state index is 0.0954. The number of hydrogen-bond donors (Lipinski definition) is 2. The molecule has 2 N–H and O–H groups in total. The number of piperidine rings is 1. The third kappa shape index (κ3) is 7.56. The van der Waals surface area contributed by atoms with Gasteiger partial charge in [-0.05, 0) is 50.5 Å². The zero-order valence-corrected chi connectivity index (χ0v) is 18.8. The van der Waals surface area contributed by atoms with Crippen molar-refractivity contribution in [3.63, 3.8) is 0 Å². The minimum Gasteiger partial charge on any atom is -0.357 e. The Morgan fingerprint density at radius 2 is 1.90 bits per heavy atom. The molecule has 0 unspecified atom stereocenters. The quantitative estimate of drug-likeness (QED) is 0.359. The summed E-state index contributed by atoms with van der Waals surface area (Å²) in [6.07, 6.45) is 5.73. The zero-order valence-electron chi connectivity index (χ0n) is 18.8. The molecule has 0 bridgehead atoms. The number of aliphatic imine (C=N–C) groups is 1. The number of carbonyl (C=O) groups is 2.